The zero-order chi connectivity index (χ0) is 5.98. The maximum absolute atomic E-state index is 11.6. The molecular formula is C5H4F2N. The molecule has 0 aliphatic rings. The van der Waals surface area contributed by atoms with Crippen molar-refractivity contribution in [2.45, 2.75) is 6.43 Å². The van der Waals surface area contributed by atoms with Gasteiger partial charge in [-0.2, -0.15) is 0 Å². The van der Waals surface area contributed by atoms with Crippen LogP contribution in [0.15, 0.2) is 12.3 Å². The molecule has 1 N–H and O–H groups in total. The lowest BCUT2D eigenvalue weighted by molar-refractivity contribution is 0.151. The smallest absolute Gasteiger partial charge is 0.265 e. The molecule has 0 saturated heterocycles. The fourth-order valence-electron chi connectivity index (χ4n) is 0.418. The van der Waals surface area contributed by atoms with Gasteiger partial charge in [-0.25, -0.2) is 8.78 Å². The molecule has 1 rings (SSSR count). The Hall–Kier alpha value is -0.860. The van der Waals surface area contributed by atoms with E-state index in [1.165, 1.54) is 12.3 Å². The van der Waals surface area contributed by atoms with Crippen LogP contribution in [0.4, 0.5) is 8.78 Å². The van der Waals surface area contributed by atoms with Crippen LogP contribution in [-0.4, -0.2) is 4.98 Å². The van der Waals surface area contributed by atoms with Crippen LogP contribution in [0.1, 0.15) is 12.0 Å². The SMILES string of the molecule is FC(F)c1c[c][nH]c1. The minimum Gasteiger partial charge on any atom is -0.360 e. The fourth-order valence-corrected chi connectivity index (χ4v) is 0.418. The molecule has 0 amide bonds. The topological polar surface area (TPSA) is 15.8 Å². The Labute approximate surface area is 45.3 Å². The first kappa shape index (κ1) is 5.28. The zero-order valence-electron chi connectivity index (χ0n) is 3.99. The number of nitrogens with one attached hydrogen (secondary N) is 1. The van der Waals surface area contributed by atoms with Crippen molar-refractivity contribution in [2.24, 2.45) is 0 Å². The maximum atomic E-state index is 11.6. The summed E-state index contributed by atoms with van der Waals surface area (Å²) in [7, 11) is 0. The number of halogens is 2. The molecule has 1 heterocycles. The van der Waals surface area contributed by atoms with Crippen molar-refractivity contribution in [3.63, 3.8) is 0 Å². The van der Waals surface area contributed by atoms with Gasteiger partial charge in [0.1, 0.15) is 0 Å². The third-order valence-corrected chi connectivity index (χ3v) is 0.813. The van der Waals surface area contributed by atoms with Crippen LogP contribution in [0.25, 0.3) is 0 Å². The van der Waals surface area contributed by atoms with Gasteiger partial charge in [0.2, 0.25) is 0 Å². The summed E-state index contributed by atoms with van der Waals surface area (Å²) in [6.07, 6.45) is 1.26. The molecule has 0 saturated carbocycles. The number of alkyl halides is 2. The molecule has 0 aliphatic heterocycles. The number of aromatic amines is 1. The Morgan fingerprint density at radius 2 is 2.38 bits per heavy atom. The first-order chi connectivity index (χ1) is 3.80. The summed E-state index contributed by atoms with van der Waals surface area (Å²) in [4.78, 5) is 2.41. The van der Waals surface area contributed by atoms with E-state index in [0.29, 0.717) is 0 Å². The van der Waals surface area contributed by atoms with E-state index < -0.39 is 6.43 Å². The number of hydrogen-bond acceptors (Lipinski definition) is 0. The molecule has 0 unspecified atom stereocenters. The van der Waals surface area contributed by atoms with Crippen molar-refractivity contribution in [1.29, 1.82) is 0 Å². The van der Waals surface area contributed by atoms with Gasteiger partial charge in [0.25, 0.3) is 6.43 Å². The summed E-state index contributed by atoms with van der Waals surface area (Å²) in [5.74, 6) is 0. The number of H-pyrrole nitrogens is 1. The average molecular weight is 116 g/mol. The molecule has 0 fully saturated rings. The Bertz CT molecular complexity index is 145. The first-order valence-electron chi connectivity index (χ1n) is 2.13. The van der Waals surface area contributed by atoms with Crippen LogP contribution in [0.5, 0.6) is 0 Å². The van der Waals surface area contributed by atoms with E-state index in [4.69, 9.17) is 0 Å². The van der Waals surface area contributed by atoms with Crippen molar-refractivity contribution in [3.05, 3.63) is 24.0 Å². The van der Waals surface area contributed by atoms with Crippen LogP contribution in [0.2, 0.25) is 0 Å². The van der Waals surface area contributed by atoms with E-state index >= 15 is 0 Å². The molecule has 43 valence electrons. The zero-order valence-corrected chi connectivity index (χ0v) is 3.99. The maximum Gasteiger partial charge on any atom is 0.265 e. The molecule has 0 atom stereocenters. The molecule has 0 spiro atoms. The first-order valence-corrected chi connectivity index (χ1v) is 2.13. The molecule has 0 bridgehead atoms. The van der Waals surface area contributed by atoms with Crippen molar-refractivity contribution >= 4 is 0 Å². The lowest BCUT2D eigenvalue weighted by Gasteiger charge is -1.87. The minimum atomic E-state index is -2.38. The predicted octanol–water partition coefficient (Wildman–Crippen LogP) is 1.75. The van der Waals surface area contributed by atoms with Gasteiger partial charge >= 0.3 is 0 Å². The van der Waals surface area contributed by atoms with Gasteiger partial charge in [-0.15, -0.1) is 0 Å². The van der Waals surface area contributed by atoms with Crippen LogP contribution in [0.3, 0.4) is 0 Å². The van der Waals surface area contributed by atoms with Gasteiger partial charge in [0.05, 0.1) is 6.20 Å². The second-order valence-corrected chi connectivity index (χ2v) is 1.38. The molecule has 0 aromatic carbocycles. The number of rotatable bonds is 1. The quantitative estimate of drug-likeness (QED) is 0.575. The lowest BCUT2D eigenvalue weighted by atomic mass is 10.4. The van der Waals surface area contributed by atoms with Gasteiger partial charge in [0, 0.05) is 11.8 Å². The van der Waals surface area contributed by atoms with Gasteiger partial charge in [0.15, 0.2) is 0 Å². The normalized spacial score (nSPS) is 10.4. The highest BCUT2D eigenvalue weighted by Crippen LogP contribution is 2.15. The van der Waals surface area contributed by atoms with E-state index in [-0.39, 0.29) is 5.56 Å². The van der Waals surface area contributed by atoms with Gasteiger partial charge < -0.3 is 4.98 Å². The highest BCUT2D eigenvalue weighted by atomic mass is 19.3. The van der Waals surface area contributed by atoms with E-state index in [0.717, 1.165) is 0 Å². The summed E-state index contributed by atoms with van der Waals surface area (Å²) in [5.41, 5.74) is -0.00926. The second kappa shape index (κ2) is 1.94. The molecule has 8 heavy (non-hydrogen) atoms. The molecule has 3 heteroatoms. The monoisotopic (exact) mass is 116 g/mol. The minimum absolute atomic E-state index is 0.00926. The summed E-state index contributed by atoms with van der Waals surface area (Å²) in [5, 5.41) is 0. The molecule has 0 aliphatic carbocycles. The molecule has 1 aromatic heterocycles. The molecular weight excluding hydrogens is 112 g/mol. The van der Waals surface area contributed by atoms with Crippen LogP contribution >= 0.6 is 0 Å². The van der Waals surface area contributed by atoms with E-state index in [2.05, 4.69) is 11.2 Å². The third-order valence-electron chi connectivity index (χ3n) is 0.813. The summed E-state index contributed by atoms with van der Waals surface area (Å²) >= 11 is 0. The average Bonchev–Trinajstić information content (AvgIpc) is 2.12. The Kier molecular flexibility index (Phi) is 1.28. The Morgan fingerprint density at radius 1 is 1.62 bits per heavy atom. The predicted molar refractivity (Wildman–Crippen MR) is 24.6 cm³/mol. The van der Waals surface area contributed by atoms with Gasteiger partial charge in [-0.1, -0.05) is 0 Å². The van der Waals surface area contributed by atoms with Crippen molar-refractivity contribution in [2.75, 3.05) is 0 Å². The van der Waals surface area contributed by atoms with Crippen LogP contribution in [-0.2, 0) is 0 Å². The number of aromatic nitrogens is 1. The third kappa shape index (κ3) is 0.857. The van der Waals surface area contributed by atoms with Crippen molar-refractivity contribution < 1.29 is 8.78 Å². The van der Waals surface area contributed by atoms with E-state index in [9.17, 15) is 8.78 Å². The standard InChI is InChI=1S/C5H4F2N/c6-5(7)4-1-2-8-3-4/h1,3,5,8H. The van der Waals surface area contributed by atoms with Gasteiger partial charge in [-0.3, -0.25) is 0 Å². The highest BCUT2D eigenvalue weighted by Gasteiger charge is 2.04. The van der Waals surface area contributed by atoms with Crippen LogP contribution in [0, 0.1) is 6.20 Å². The summed E-state index contributed by atoms with van der Waals surface area (Å²) in [6, 6.07) is 1.23. The van der Waals surface area contributed by atoms with Crippen molar-refractivity contribution in [1.82, 2.24) is 4.98 Å². The van der Waals surface area contributed by atoms with E-state index in [1.807, 2.05) is 0 Å². The Balaban J connectivity index is 2.77. The van der Waals surface area contributed by atoms with Crippen molar-refractivity contribution in [3.8, 4) is 0 Å². The van der Waals surface area contributed by atoms with Gasteiger partial charge in [-0.05, 0) is 6.07 Å². The summed E-state index contributed by atoms with van der Waals surface area (Å²) in [6.45, 7) is 0. The van der Waals surface area contributed by atoms with Crippen LogP contribution < -0.4 is 0 Å². The summed E-state index contributed by atoms with van der Waals surface area (Å²) < 4.78 is 23.1. The second-order valence-electron chi connectivity index (χ2n) is 1.38. The molecule has 1 nitrogen and oxygen atoms in total. The largest absolute Gasteiger partial charge is 0.360 e. The van der Waals surface area contributed by atoms with E-state index in [1.54, 1.807) is 0 Å². The Morgan fingerprint density at radius 3 is 2.62 bits per heavy atom. The fraction of sp³-hybridized carbons (Fsp3) is 0.200. The molecule has 1 radical (unpaired) electrons. The lowest BCUT2D eigenvalue weighted by Crippen LogP contribution is -1.75. The number of hydrogen-bond donors (Lipinski definition) is 1. The highest BCUT2D eigenvalue weighted by molar-refractivity contribution is 5.08. The molecule has 1 aromatic rings.